The largest absolute Gasteiger partial charge is 0.496 e. The SMILES string of the molecule is CCC(NCC(O)CC(C)C)c1ccccc1OC. The van der Waals surface area contributed by atoms with Crippen molar-refractivity contribution < 1.29 is 9.84 Å². The first-order valence-corrected chi connectivity index (χ1v) is 7.12. The molecule has 0 spiro atoms. The Balaban J connectivity index is 2.62. The van der Waals surface area contributed by atoms with Crippen molar-refractivity contribution >= 4 is 0 Å². The topological polar surface area (TPSA) is 41.5 Å². The minimum absolute atomic E-state index is 0.220. The maximum Gasteiger partial charge on any atom is 0.123 e. The lowest BCUT2D eigenvalue weighted by molar-refractivity contribution is 0.142. The average Bonchev–Trinajstić information content (AvgIpc) is 2.39. The number of hydrogen-bond acceptors (Lipinski definition) is 3. The van der Waals surface area contributed by atoms with Crippen molar-refractivity contribution in [1.82, 2.24) is 5.32 Å². The van der Waals surface area contributed by atoms with Crippen LogP contribution in [0.4, 0.5) is 0 Å². The second-order valence-corrected chi connectivity index (χ2v) is 5.39. The second-order valence-electron chi connectivity index (χ2n) is 5.39. The van der Waals surface area contributed by atoms with Crippen LogP contribution in [0.25, 0.3) is 0 Å². The van der Waals surface area contributed by atoms with Gasteiger partial charge in [0.2, 0.25) is 0 Å². The number of aliphatic hydroxyl groups is 1. The summed E-state index contributed by atoms with van der Waals surface area (Å²) in [5.41, 5.74) is 1.16. The Morgan fingerprint density at radius 2 is 1.95 bits per heavy atom. The van der Waals surface area contributed by atoms with Crippen LogP contribution in [0, 0.1) is 5.92 Å². The van der Waals surface area contributed by atoms with Gasteiger partial charge in [0.25, 0.3) is 0 Å². The van der Waals surface area contributed by atoms with E-state index in [0.29, 0.717) is 12.5 Å². The third-order valence-corrected chi connectivity index (χ3v) is 3.27. The average molecular weight is 265 g/mol. The van der Waals surface area contributed by atoms with Crippen LogP contribution in [0.5, 0.6) is 5.75 Å². The molecular weight excluding hydrogens is 238 g/mol. The molecule has 0 bridgehead atoms. The van der Waals surface area contributed by atoms with Crippen LogP contribution in [0.15, 0.2) is 24.3 Å². The van der Waals surface area contributed by atoms with E-state index in [0.717, 1.165) is 24.2 Å². The van der Waals surface area contributed by atoms with Gasteiger partial charge >= 0.3 is 0 Å². The van der Waals surface area contributed by atoms with Crippen molar-refractivity contribution in [3.63, 3.8) is 0 Å². The Kier molecular flexibility index (Phi) is 6.89. The molecule has 1 aromatic rings. The Hall–Kier alpha value is -1.06. The normalized spacial score (nSPS) is 14.4. The molecule has 0 fully saturated rings. The van der Waals surface area contributed by atoms with E-state index in [4.69, 9.17) is 4.74 Å². The van der Waals surface area contributed by atoms with Crippen LogP contribution in [0.2, 0.25) is 0 Å². The molecular formula is C16H27NO2. The maximum atomic E-state index is 9.94. The fraction of sp³-hybridized carbons (Fsp3) is 0.625. The summed E-state index contributed by atoms with van der Waals surface area (Å²) in [6.07, 6.45) is 1.51. The Labute approximate surface area is 117 Å². The standard InChI is InChI=1S/C16H27NO2/c1-5-15(17-11-13(18)10-12(2)3)14-8-6-7-9-16(14)19-4/h6-9,12-13,15,17-18H,5,10-11H2,1-4H3. The molecule has 0 aliphatic rings. The van der Waals surface area contributed by atoms with Crippen molar-refractivity contribution in [2.75, 3.05) is 13.7 Å². The highest BCUT2D eigenvalue weighted by molar-refractivity contribution is 5.35. The van der Waals surface area contributed by atoms with Gasteiger partial charge in [-0.1, -0.05) is 39.0 Å². The number of benzene rings is 1. The quantitative estimate of drug-likeness (QED) is 0.758. The molecule has 3 heteroatoms. The minimum atomic E-state index is -0.288. The van der Waals surface area contributed by atoms with Crippen molar-refractivity contribution in [2.45, 2.75) is 45.8 Å². The highest BCUT2D eigenvalue weighted by Gasteiger charge is 2.15. The predicted octanol–water partition coefficient (Wildman–Crippen LogP) is 3.14. The van der Waals surface area contributed by atoms with Gasteiger partial charge in [-0.2, -0.15) is 0 Å². The lowest BCUT2D eigenvalue weighted by Gasteiger charge is -2.22. The number of methoxy groups -OCH3 is 1. The lowest BCUT2D eigenvalue weighted by Crippen LogP contribution is -2.31. The summed E-state index contributed by atoms with van der Waals surface area (Å²) in [6.45, 7) is 7.01. The second kappa shape index (κ2) is 8.18. The molecule has 0 saturated carbocycles. The van der Waals surface area contributed by atoms with Gasteiger partial charge in [0.05, 0.1) is 13.2 Å². The van der Waals surface area contributed by atoms with Gasteiger partial charge < -0.3 is 15.2 Å². The summed E-state index contributed by atoms with van der Waals surface area (Å²) in [6, 6.07) is 8.27. The molecule has 1 rings (SSSR count). The zero-order chi connectivity index (χ0) is 14.3. The zero-order valence-electron chi connectivity index (χ0n) is 12.5. The van der Waals surface area contributed by atoms with Crippen molar-refractivity contribution in [3.05, 3.63) is 29.8 Å². The number of aliphatic hydroxyl groups excluding tert-OH is 1. The van der Waals surface area contributed by atoms with Gasteiger partial charge in [-0.25, -0.2) is 0 Å². The molecule has 0 amide bonds. The molecule has 2 unspecified atom stereocenters. The van der Waals surface area contributed by atoms with Crippen LogP contribution >= 0.6 is 0 Å². The van der Waals surface area contributed by atoms with E-state index in [1.54, 1.807) is 7.11 Å². The van der Waals surface area contributed by atoms with Gasteiger partial charge in [0.1, 0.15) is 5.75 Å². The summed E-state index contributed by atoms with van der Waals surface area (Å²) in [7, 11) is 1.69. The number of ether oxygens (including phenoxy) is 1. The van der Waals surface area contributed by atoms with Gasteiger partial charge in [0, 0.05) is 18.2 Å². The summed E-state index contributed by atoms with van der Waals surface area (Å²) >= 11 is 0. The molecule has 19 heavy (non-hydrogen) atoms. The highest BCUT2D eigenvalue weighted by Crippen LogP contribution is 2.26. The Morgan fingerprint density at radius 3 is 2.53 bits per heavy atom. The summed E-state index contributed by atoms with van der Waals surface area (Å²) < 4.78 is 5.40. The molecule has 0 radical (unpaired) electrons. The zero-order valence-corrected chi connectivity index (χ0v) is 12.5. The first-order valence-electron chi connectivity index (χ1n) is 7.12. The molecule has 0 heterocycles. The molecule has 2 atom stereocenters. The molecule has 0 saturated heterocycles. The third kappa shape index (κ3) is 5.21. The van der Waals surface area contributed by atoms with Crippen LogP contribution in [0.3, 0.4) is 0 Å². The molecule has 2 N–H and O–H groups in total. The van der Waals surface area contributed by atoms with E-state index in [-0.39, 0.29) is 12.1 Å². The van der Waals surface area contributed by atoms with Crippen LogP contribution in [0.1, 0.15) is 45.2 Å². The van der Waals surface area contributed by atoms with E-state index in [9.17, 15) is 5.11 Å². The maximum absolute atomic E-state index is 9.94. The predicted molar refractivity (Wildman–Crippen MR) is 79.5 cm³/mol. The molecule has 0 aromatic heterocycles. The Morgan fingerprint density at radius 1 is 1.26 bits per heavy atom. The summed E-state index contributed by atoms with van der Waals surface area (Å²) in [5, 5.41) is 13.4. The van der Waals surface area contributed by atoms with Crippen molar-refractivity contribution in [2.24, 2.45) is 5.92 Å². The fourth-order valence-corrected chi connectivity index (χ4v) is 2.33. The van der Waals surface area contributed by atoms with Crippen LogP contribution in [-0.4, -0.2) is 24.9 Å². The monoisotopic (exact) mass is 265 g/mol. The molecule has 0 aliphatic carbocycles. The van der Waals surface area contributed by atoms with Crippen molar-refractivity contribution in [1.29, 1.82) is 0 Å². The third-order valence-electron chi connectivity index (χ3n) is 3.27. The fourth-order valence-electron chi connectivity index (χ4n) is 2.33. The van der Waals surface area contributed by atoms with Crippen LogP contribution in [-0.2, 0) is 0 Å². The van der Waals surface area contributed by atoms with Crippen LogP contribution < -0.4 is 10.1 Å². The molecule has 1 aromatic carbocycles. The molecule has 108 valence electrons. The number of rotatable bonds is 8. The van der Waals surface area contributed by atoms with Crippen molar-refractivity contribution in [3.8, 4) is 5.75 Å². The summed E-state index contributed by atoms with van der Waals surface area (Å²) in [4.78, 5) is 0. The van der Waals surface area contributed by atoms with Gasteiger partial charge in [-0.3, -0.25) is 0 Å². The highest BCUT2D eigenvalue weighted by atomic mass is 16.5. The van der Waals surface area contributed by atoms with E-state index >= 15 is 0 Å². The first-order chi connectivity index (χ1) is 9.08. The smallest absolute Gasteiger partial charge is 0.123 e. The van der Waals surface area contributed by atoms with Gasteiger partial charge in [-0.05, 0) is 24.8 Å². The molecule has 3 nitrogen and oxygen atoms in total. The van der Waals surface area contributed by atoms with E-state index in [1.807, 2.05) is 18.2 Å². The molecule has 0 aliphatic heterocycles. The number of hydrogen-bond donors (Lipinski definition) is 2. The van der Waals surface area contributed by atoms with Gasteiger partial charge in [-0.15, -0.1) is 0 Å². The number of para-hydroxylation sites is 1. The lowest BCUT2D eigenvalue weighted by atomic mass is 10.0. The van der Waals surface area contributed by atoms with Gasteiger partial charge in [0.15, 0.2) is 0 Å². The van der Waals surface area contributed by atoms with E-state index < -0.39 is 0 Å². The number of nitrogens with one attached hydrogen (secondary N) is 1. The van der Waals surface area contributed by atoms with E-state index in [1.165, 1.54) is 0 Å². The van der Waals surface area contributed by atoms with E-state index in [2.05, 4.69) is 32.2 Å². The minimum Gasteiger partial charge on any atom is -0.496 e. The first kappa shape index (κ1) is 16.0. The Bertz CT molecular complexity index is 366. The summed E-state index contributed by atoms with van der Waals surface area (Å²) in [5.74, 6) is 1.42.